The van der Waals surface area contributed by atoms with E-state index in [-0.39, 0.29) is 36.1 Å². The predicted molar refractivity (Wildman–Crippen MR) is 131 cm³/mol. The van der Waals surface area contributed by atoms with E-state index in [1.807, 2.05) is 4.72 Å². The van der Waals surface area contributed by atoms with Crippen molar-refractivity contribution in [1.29, 1.82) is 0 Å². The SMILES string of the molecule is O=C(NS(=O)(=O)N1CCC(OC2CN(C3COC3)C2)CC1)c1cc(Cl)c(OCC2CCCC2)cc1F. The van der Waals surface area contributed by atoms with Gasteiger partial charge in [0.2, 0.25) is 0 Å². The Kier molecular flexibility index (Phi) is 8.04. The van der Waals surface area contributed by atoms with Crippen molar-refractivity contribution < 1.29 is 31.8 Å². The second kappa shape index (κ2) is 11.1. The first kappa shape index (κ1) is 26.1. The van der Waals surface area contributed by atoms with Gasteiger partial charge in [-0.1, -0.05) is 24.4 Å². The van der Waals surface area contributed by atoms with Gasteiger partial charge in [0.1, 0.15) is 11.6 Å². The molecule has 3 saturated heterocycles. The quantitative estimate of drug-likeness (QED) is 0.509. The second-order valence-corrected chi connectivity index (χ2v) is 12.2. The average Bonchev–Trinajstić information content (AvgIpc) is 3.30. The summed E-state index contributed by atoms with van der Waals surface area (Å²) in [6, 6.07) is 2.66. The van der Waals surface area contributed by atoms with Gasteiger partial charge in [0.25, 0.3) is 5.91 Å². The van der Waals surface area contributed by atoms with Gasteiger partial charge >= 0.3 is 10.2 Å². The molecular formula is C24H33ClFN3O6S. The van der Waals surface area contributed by atoms with Gasteiger partial charge < -0.3 is 14.2 Å². The van der Waals surface area contributed by atoms with E-state index < -0.39 is 27.5 Å². The molecule has 0 bridgehead atoms. The van der Waals surface area contributed by atoms with Crippen LogP contribution in [-0.4, -0.2) is 87.8 Å². The van der Waals surface area contributed by atoms with E-state index in [2.05, 4.69) is 4.90 Å². The summed E-state index contributed by atoms with van der Waals surface area (Å²) in [7, 11) is -4.14. The Morgan fingerprint density at radius 1 is 1.11 bits per heavy atom. The fraction of sp³-hybridized carbons (Fsp3) is 0.708. The summed E-state index contributed by atoms with van der Waals surface area (Å²) >= 11 is 6.21. The zero-order chi connectivity index (χ0) is 25.3. The number of carbonyl (C=O) groups excluding carboxylic acids is 1. The standard InChI is InChI=1S/C24H33ClFN3O6S/c25-21-9-20(22(26)10-23(21)34-13-16-3-1-2-4-16)24(30)27-36(31,32)29-7-5-18(6-8-29)35-19-11-28(12-19)17-14-33-15-17/h9-10,16-19H,1-8,11-15H2,(H,27,30). The molecule has 3 heterocycles. The summed E-state index contributed by atoms with van der Waals surface area (Å²) in [6.45, 7) is 4.19. The minimum Gasteiger partial charge on any atom is -0.492 e. The number of amides is 1. The third kappa shape index (κ3) is 5.97. The monoisotopic (exact) mass is 545 g/mol. The lowest BCUT2D eigenvalue weighted by Gasteiger charge is -2.48. The van der Waals surface area contributed by atoms with Crippen LogP contribution in [0.15, 0.2) is 12.1 Å². The van der Waals surface area contributed by atoms with Crippen LogP contribution in [0, 0.1) is 11.7 Å². The van der Waals surface area contributed by atoms with Crippen LogP contribution >= 0.6 is 11.6 Å². The Balaban J connectivity index is 1.10. The molecule has 12 heteroatoms. The van der Waals surface area contributed by atoms with Crippen molar-refractivity contribution in [2.45, 2.75) is 56.8 Å². The number of hydrogen-bond donors (Lipinski definition) is 1. The molecule has 5 rings (SSSR count). The molecule has 4 aliphatic rings. The van der Waals surface area contributed by atoms with Crippen LogP contribution < -0.4 is 9.46 Å². The smallest absolute Gasteiger partial charge is 0.304 e. The van der Waals surface area contributed by atoms with Gasteiger partial charge in [-0.2, -0.15) is 12.7 Å². The number of nitrogens with one attached hydrogen (secondary N) is 1. The van der Waals surface area contributed by atoms with E-state index in [0.29, 0.717) is 31.4 Å². The number of benzene rings is 1. The number of hydrogen-bond acceptors (Lipinski definition) is 7. The minimum atomic E-state index is -4.14. The molecule has 0 radical (unpaired) electrons. The molecule has 0 aromatic heterocycles. The van der Waals surface area contributed by atoms with E-state index >= 15 is 0 Å². The van der Waals surface area contributed by atoms with Crippen LogP contribution in [-0.2, 0) is 19.7 Å². The normalized spacial score (nSPS) is 23.4. The number of ether oxygens (including phenoxy) is 3. The van der Waals surface area contributed by atoms with Gasteiger partial charge in [0.05, 0.1) is 48.7 Å². The van der Waals surface area contributed by atoms with Crippen molar-refractivity contribution in [1.82, 2.24) is 13.9 Å². The number of carbonyl (C=O) groups is 1. The van der Waals surface area contributed by atoms with Crippen molar-refractivity contribution >= 4 is 27.7 Å². The summed E-state index contributed by atoms with van der Waals surface area (Å²) in [5.41, 5.74) is -0.443. The Morgan fingerprint density at radius 2 is 1.81 bits per heavy atom. The van der Waals surface area contributed by atoms with Crippen LogP contribution in [0.2, 0.25) is 5.02 Å². The zero-order valence-electron chi connectivity index (χ0n) is 20.2. The van der Waals surface area contributed by atoms with Crippen LogP contribution in [0.25, 0.3) is 0 Å². The largest absolute Gasteiger partial charge is 0.492 e. The molecule has 0 spiro atoms. The highest BCUT2D eigenvalue weighted by atomic mass is 35.5. The summed E-state index contributed by atoms with van der Waals surface area (Å²) in [5, 5.41) is 0.0642. The summed E-state index contributed by atoms with van der Waals surface area (Å²) < 4.78 is 60.4. The highest BCUT2D eigenvalue weighted by Crippen LogP contribution is 2.31. The van der Waals surface area contributed by atoms with Crippen molar-refractivity contribution in [2.24, 2.45) is 5.92 Å². The van der Waals surface area contributed by atoms with Crippen molar-refractivity contribution in [3.05, 3.63) is 28.5 Å². The molecule has 36 heavy (non-hydrogen) atoms. The first-order chi connectivity index (χ1) is 17.3. The fourth-order valence-electron chi connectivity index (χ4n) is 5.20. The van der Waals surface area contributed by atoms with E-state index in [1.54, 1.807) is 0 Å². The van der Waals surface area contributed by atoms with Gasteiger partial charge in [-0.05, 0) is 37.7 Å². The maximum atomic E-state index is 14.7. The molecule has 1 saturated carbocycles. The predicted octanol–water partition coefficient (Wildman–Crippen LogP) is 2.59. The van der Waals surface area contributed by atoms with Crippen molar-refractivity contribution in [2.75, 3.05) is 46.0 Å². The topological polar surface area (TPSA) is 97.4 Å². The minimum absolute atomic E-state index is 0.0232. The molecule has 1 aliphatic carbocycles. The molecule has 4 fully saturated rings. The van der Waals surface area contributed by atoms with Gasteiger partial charge in [0.15, 0.2) is 0 Å². The van der Waals surface area contributed by atoms with Crippen molar-refractivity contribution in [3.8, 4) is 5.75 Å². The van der Waals surface area contributed by atoms with Crippen LogP contribution in [0.4, 0.5) is 4.39 Å². The third-order valence-corrected chi connectivity index (χ3v) is 9.36. The first-order valence-electron chi connectivity index (χ1n) is 12.7. The van der Waals surface area contributed by atoms with Crippen molar-refractivity contribution in [3.63, 3.8) is 0 Å². The van der Waals surface area contributed by atoms with E-state index in [9.17, 15) is 17.6 Å². The molecule has 9 nitrogen and oxygen atoms in total. The number of nitrogens with zero attached hydrogens (tertiary/aromatic N) is 2. The first-order valence-corrected chi connectivity index (χ1v) is 14.5. The number of piperidine rings is 1. The fourth-order valence-corrected chi connectivity index (χ4v) is 6.59. The number of rotatable bonds is 9. The molecule has 1 amide bonds. The maximum Gasteiger partial charge on any atom is 0.304 e. The summed E-state index contributed by atoms with van der Waals surface area (Å²) in [5.74, 6) is -1.39. The highest BCUT2D eigenvalue weighted by molar-refractivity contribution is 7.87. The Labute approximate surface area is 216 Å². The molecule has 0 atom stereocenters. The van der Waals surface area contributed by atoms with E-state index in [0.717, 1.165) is 64.1 Å². The molecule has 1 aromatic carbocycles. The second-order valence-electron chi connectivity index (χ2n) is 10.2. The maximum absolute atomic E-state index is 14.7. The van der Waals surface area contributed by atoms with Crippen LogP contribution in [0.3, 0.4) is 0 Å². The van der Waals surface area contributed by atoms with Crippen LogP contribution in [0.1, 0.15) is 48.9 Å². The lowest BCUT2D eigenvalue weighted by molar-refractivity contribution is -0.157. The van der Waals surface area contributed by atoms with E-state index in [1.165, 1.54) is 4.31 Å². The molecule has 1 aromatic rings. The van der Waals surface area contributed by atoms with Gasteiger partial charge in [-0.25, -0.2) is 9.11 Å². The van der Waals surface area contributed by atoms with Gasteiger partial charge in [-0.15, -0.1) is 0 Å². The lowest BCUT2D eigenvalue weighted by atomic mass is 10.0. The Hall–Kier alpha value is -1.50. The van der Waals surface area contributed by atoms with Crippen LogP contribution in [0.5, 0.6) is 5.75 Å². The summed E-state index contributed by atoms with van der Waals surface area (Å²) in [6.07, 6.45) is 5.65. The zero-order valence-corrected chi connectivity index (χ0v) is 21.7. The number of halogens is 2. The summed E-state index contributed by atoms with van der Waals surface area (Å²) in [4.78, 5) is 15.0. The molecule has 3 aliphatic heterocycles. The molecule has 1 N–H and O–H groups in total. The Bertz CT molecular complexity index is 1050. The molecule has 200 valence electrons. The average molecular weight is 546 g/mol. The third-order valence-electron chi connectivity index (χ3n) is 7.58. The van der Waals surface area contributed by atoms with Gasteiger partial charge in [-0.3, -0.25) is 9.69 Å². The molecule has 0 unspecified atom stereocenters. The highest BCUT2D eigenvalue weighted by Gasteiger charge is 2.39. The van der Waals surface area contributed by atoms with Gasteiger partial charge in [0, 0.05) is 32.2 Å². The number of likely N-dealkylation sites (tertiary alicyclic amines) is 1. The molecular weight excluding hydrogens is 513 g/mol. The van der Waals surface area contributed by atoms with E-state index in [4.69, 9.17) is 25.8 Å². The lowest BCUT2D eigenvalue weighted by Crippen LogP contribution is -2.62. The Morgan fingerprint density at radius 3 is 2.44 bits per heavy atom.